The lowest BCUT2D eigenvalue weighted by molar-refractivity contribution is -0.145. The van der Waals surface area contributed by atoms with E-state index in [2.05, 4.69) is 16.0 Å². The Kier molecular flexibility index (Phi) is 4.80. The summed E-state index contributed by atoms with van der Waals surface area (Å²) in [5.74, 6) is 0.464. The van der Waals surface area contributed by atoms with Crippen molar-refractivity contribution < 1.29 is 14.4 Å². The molecule has 4 aliphatic carbocycles. The Balaban J connectivity index is 1.32. The zero-order valence-electron chi connectivity index (χ0n) is 15.7. The highest BCUT2D eigenvalue weighted by Gasteiger charge is 2.53. The first-order valence-electron chi connectivity index (χ1n) is 10.3. The first-order valence-corrected chi connectivity index (χ1v) is 10.3. The van der Waals surface area contributed by atoms with Crippen molar-refractivity contribution in [1.29, 1.82) is 0 Å². The smallest absolute Gasteiger partial charge is 0.315 e. The Labute approximate surface area is 155 Å². The second-order valence-electron chi connectivity index (χ2n) is 9.32. The minimum Gasteiger partial charge on any atom is -0.345 e. The molecule has 0 aromatic rings. The van der Waals surface area contributed by atoms with E-state index in [1.54, 1.807) is 0 Å². The molecule has 1 unspecified atom stereocenters. The third kappa shape index (κ3) is 3.40. The first kappa shape index (κ1) is 18.0. The minimum atomic E-state index is -0.801. The van der Waals surface area contributed by atoms with Gasteiger partial charge in [0.1, 0.15) is 0 Å². The van der Waals surface area contributed by atoms with Gasteiger partial charge in [0.2, 0.25) is 5.91 Å². The van der Waals surface area contributed by atoms with Crippen molar-refractivity contribution in [3.05, 3.63) is 0 Å². The Hall–Kier alpha value is -1.43. The highest BCUT2D eigenvalue weighted by Crippen LogP contribution is 2.61. The molecule has 6 nitrogen and oxygen atoms in total. The molecule has 3 N–H and O–H groups in total. The number of nitrogens with one attached hydrogen (secondary N) is 3. The fourth-order valence-corrected chi connectivity index (χ4v) is 6.48. The molecule has 1 aliphatic heterocycles. The van der Waals surface area contributed by atoms with E-state index in [9.17, 15) is 14.4 Å². The maximum atomic E-state index is 12.4. The van der Waals surface area contributed by atoms with Crippen molar-refractivity contribution in [3.63, 3.8) is 0 Å². The van der Waals surface area contributed by atoms with E-state index in [1.807, 2.05) is 6.92 Å². The van der Waals surface area contributed by atoms with Gasteiger partial charge < -0.3 is 10.6 Å². The molecule has 3 amide bonds. The molecule has 0 aromatic heterocycles. The third-order valence-electron chi connectivity index (χ3n) is 7.50. The Morgan fingerprint density at radius 1 is 0.923 bits per heavy atom. The van der Waals surface area contributed by atoms with Crippen LogP contribution in [0.4, 0.5) is 0 Å². The molecule has 6 heteroatoms. The van der Waals surface area contributed by atoms with E-state index in [4.69, 9.17) is 0 Å². The molecule has 0 radical (unpaired) electrons. The largest absolute Gasteiger partial charge is 0.345 e. The van der Waals surface area contributed by atoms with Gasteiger partial charge in [0.15, 0.2) is 0 Å². The molecule has 5 fully saturated rings. The first-order chi connectivity index (χ1) is 12.4. The summed E-state index contributed by atoms with van der Waals surface area (Å²) >= 11 is 0. The number of hydrogen-bond donors (Lipinski definition) is 3. The van der Waals surface area contributed by atoms with Crippen LogP contribution in [0.2, 0.25) is 0 Å². The predicted octanol–water partition coefficient (Wildman–Crippen LogP) is 1.35. The number of carbonyl (C=O) groups excluding carboxylic acids is 3. The predicted molar refractivity (Wildman–Crippen MR) is 97.0 cm³/mol. The van der Waals surface area contributed by atoms with Crippen LogP contribution in [0.5, 0.6) is 0 Å². The number of piperidine rings is 1. The molecular formula is C20H31N3O3. The van der Waals surface area contributed by atoms with E-state index in [0.717, 1.165) is 30.8 Å². The van der Waals surface area contributed by atoms with Crippen LogP contribution in [0.3, 0.4) is 0 Å². The van der Waals surface area contributed by atoms with Gasteiger partial charge in [-0.25, -0.2) is 0 Å². The fraction of sp³-hybridized carbons (Fsp3) is 0.850. The molecule has 1 saturated heterocycles. The minimum absolute atomic E-state index is 0.0110. The second kappa shape index (κ2) is 6.95. The van der Waals surface area contributed by atoms with Crippen molar-refractivity contribution in [3.8, 4) is 0 Å². The lowest BCUT2D eigenvalue weighted by Crippen LogP contribution is -2.57. The fourth-order valence-electron chi connectivity index (χ4n) is 6.48. The van der Waals surface area contributed by atoms with Crippen LogP contribution >= 0.6 is 0 Å². The zero-order chi connectivity index (χ0) is 18.3. The van der Waals surface area contributed by atoms with Gasteiger partial charge in [-0.1, -0.05) is 0 Å². The van der Waals surface area contributed by atoms with Crippen LogP contribution in [0.1, 0.15) is 58.3 Å². The van der Waals surface area contributed by atoms with Crippen LogP contribution in [0.15, 0.2) is 0 Å². The van der Waals surface area contributed by atoms with Gasteiger partial charge in [0.25, 0.3) is 0 Å². The maximum Gasteiger partial charge on any atom is 0.315 e. The molecule has 0 aromatic carbocycles. The second-order valence-corrected chi connectivity index (χ2v) is 9.32. The molecule has 4 saturated carbocycles. The van der Waals surface area contributed by atoms with Crippen molar-refractivity contribution in [2.45, 2.75) is 64.3 Å². The van der Waals surface area contributed by atoms with E-state index in [1.165, 1.54) is 38.5 Å². The lowest BCUT2D eigenvalue weighted by Gasteiger charge is -2.59. The number of amides is 3. The topological polar surface area (TPSA) is 87.3 Å². The molecule has 1 atom stereocenters. The van der Waals surface area contributed by atoms with Gasteiger partial charge >= 0.3 is 11.8 Å². The van der Waals surface area contributed by atoms with E-state index in [0.29, 0.717) is 12.8 Å². The Morgan fingerprint density at radius 3 is 2.00 bits per heavy atom. The SMILES string of the molecule is CC(NC(=O)C(=O)NC(=O)C1CCNCC1)C12CC3CC(CC(C3)C1)C2. The molecule has 0 spiro atoms. The van der Waals surface area contributed by atoms with Crippen molar-refractivity contribution >= 4 is 17.7 Å². The average molecular weight is 361 g/mol. The summed E-state index contributed by atoms with van der Waals surface area (Å²) in [6.07, 6.45) is 9.01. The summed E-state index contributed by atoms with van der Waals surface area (Å²) < 4.78 is 0. The summed E-state index contributed by atoms with van der Waals surface area (Å²) in [5.41, 5.74) is 0.156. The van der Waals surface area contributed by atoms with Crippen molar-refractivity contribution in [1.82, 2.24) is 16.0 Å². The van der Waals surface area contributed by atoms with E-state index >= 15 is 0 Å². The van der Waals surface area contributed by atoms with Gasteiger partial charge in [-0.05, 0) is 94.5 Å². The zero-order valence-corrected chi connectivity index (χ0v) is 15.7. The molecule has 1 heterocycles. The number of imide groups is 1. The Bertz CT molecular complexity index is 562. The normalized spacial score (nSPS) is 37.2. The summed E-state index contributed by atoms with van der Waals surface area (Å²) in [7, 11) is 0. The quantitative estimate of drug-likeness (QED) is 0.662. The summed E-state index contributed by atoms with van der Waals surface area (Å²) in [6.45, 7) is 3.61. The van der Waals surface area contributed by atoms with Gasteiger partial charge in [0, 0.05) is 12.0 Å². The van der Waals surface area contributed by atoms with Crippen LogP contribution in [-0.4, -0.2) is 36.9 Å². The lowest BCUT2D eigenvalue weighted by atomic mass is 9.48. The maximum absolute atomic E-state index is 12.4. The molecule has 5 aliphatic rings. The number of rotatable bonds is 3. The van der Waals surface area contributed by atoms with Crippen molar-refractivity contribution in [2.75, 3.05) is 13.1 Å². The Morgan fingerprint density at radius 2 is 1.46 bits per heavy atom. The van der Waals surface area contributed by atoms with Gasteiger partial charge in [0.05, 0.1) is 0 Å². The highest BCUT2D eigenvalue weighted by atomic mass is 16.2. The van der Waals surface area contributed by atoms with Crippen LogP contribution < -0.4 is 16.0 Å². The van der Waals surface area contributed by atoms with Crippen molar-refractivity contribution in [2.24, 2.45) is 29.1 Å². The number of carbonyl (C=O) groups is 3. The standard InChI is InChI=1S/C20H31N3O3/c1-12(20-9-13-6-14(10-20)8-15(7-13)11-20)22-18(25)19(26)23-17(24)16-2-4-21-5-3-16/h12-16,21H,2-11H2,1H3,(H,22,25)(H,23,24,26). The van der Waals surface area contributed by atoms with E-state index < -0.39 is 11.8 Å². The molecule has 26 heavy (non-hydrogen) atoms. The molecule has 5 rings (SSSR count). The van der Waals surface area contributed by atoms with Gasteiger partial charge in [-0.3, -0.25) is 19.7 Å². The van der Waals surface area contributed by atoms with Gasteiger partial charge in [-0.15, -0.1) is 0 Å². The monoisotopic (exact) mass is 361 g/mol. The van der Waals surface area contributed by atoms with Crippen LogP contribution in [0, 0.1) is 29.1 Å². The number of hydrogen-bond acceptors (Lipinski definition) is 4. The van der Waals surface area contributed by atoms with Crippen LogP contribution in [-0.2, 0) is 14.4 Å². The molecular weight excluding hydrogens is 330 g/mol. The molecule has 144 valence electrons. The molecule has 4 bridgehead atoms. The third-order valence-corrected chi connectivity index (χ3v) is 7.50. The average Bonchev–Trinajstić information content (AvgIpc) is 2.61. The van der Waals surface area contributed by atoms with Gasteiger partial charge in [-0.2, -0.15) is 0 Å². The van der Waals surface area contributed by atoms with E-state index in [-0.39, 0.29) is 23.3 Å². The summed E-state index contributed by atoms with van der Waals surface area (Å²) in [5, 5.41) is 8.43. The summed E-state index contributed by atoms with van der Waals surface area (Å²) in [4.78, 5) is 36.8. The van der Waals surface area contributed by atoms with Crippen LogP contribution in [0.25, 0.3) is 0 Å². The highest BCUT2D eigenvalue weighted by molar-refractivity contribution is 6.37. The summed E-state index contributed by atoms with van der Waals surface area (Å²) in [6, 6.07) is -0.0110.